The Balaban J connectivity index is 1.78. The van der Waals surface area contributed by atoms with Crippen LogP contribution in [0.1, 0.15) is 11.3 Å². The average Bonchev–Trinajstić information content (AvgIpc) is 2.45. The molecule has 1 nitrogen and oxygen atoms in total. The first-order chi connectivity index (χ1) is 9.31. The van der Waals surface area contributed by atoms with E-state index in [2.05, 4.69) is 35.3 Å². The molecule has 0 unspecified atom stereocenters. The Hall–Kier alpha value is -1.86. The molecule has 0 bridgehead atoms. The molecule has 1 heterocycles. The molecule has 0 aliphatic carbocycles. The number of halogens is 1. The zero-order valence-corrected chi connectivity index (χ0v) is 11.3. The summed E-state index contributed by atoms with van der Waals surface area (Å²) < 4.78 is 0. The molecule has 0 radical (unpaired) electrons. The van der Waals surface area contributed by atoms with E-state index in [4.69, 9.17) is 11.6 Å². The van der Waals surface area contributed by atoms with Crippen molar-refractivity contribution in [1.82, 2.24) is 4.98 Å². The second-order valence-corrected chi connectivity index (χ2v) is 5.06. The third kappa shape index (κ3) is 2.94. The first kappa shape index (κ1) is 12.2. The maximum absolute atomic E-state index is 5.99. The summed E-state index contributed by atoms with van der Waals surface area (Å²) in [5.74, 6) is 0. The number of fused-ring (bicyclic) bond motifs is 1. The number of hydrogen-bond donors (Lipinski definition) is 0. The summed E-state index contributed by atoms with van der Waals surface area (Å²) in [5, 5.41) is 1.98. The molecule has 0 N–H and O–H groups in total. The van der Waals surface area contributed by atoms with Crippen LogP contribution in [0.4, 0.5) is 0 Å². The lowest BCUT2D eigenvalue weighted by Gasteiger charge is -2.04. The maximum atomic E-state index is 5.99. The molecule has 3 aromatic rings. The molecule has 3 rings (SSSR count). The van der Waals surface area contributed by atoms with Crippen LogP contribution >= 0.6 is 11.6 Å². The second kappa shape index (κ2) is 5.41. The minimum absolute atomic E-state index is 0.795. The van der Waals surface area contributed by atoms with Crippen LogP contribution in [0, 0.1) is 0 Å². The monoisotopic (exact) mass is 267 g/mol. The fourth-order valence-electron chi connectivity index (χ4n) is 2.21. The van der Waals surface area contributed by atoms with E-state index in [9.17, 15) is 0 Å². The summed E-state index contributed by atoms with van der Waals surface area (Å²) in [4.78, 5) is 4.68. The molecule has 1 aromatic heterocycles. The Morgan fingerprint density at radius 2 is 1.74 bits per heavy atom. The molecule has 0 fully saturated rings. The van der Waals surface area contributed by atoms with Gasteiger partial charge in [0, 0.05) is 16.1 Å². The molecular weight excluding hydrogens is 254 g/mol. The first-order valence-corrected chi connectivity index (χ1v) is 6.78. The molecule has 0 amide bonds. The van der Waals surface area contributed by atoms with Gasteiger partial charge in [-0.15, -0.1) is 0 Å². The highest BCUT2D eigenvalue weighted by Gasteiger charge is 2.00. The predicted octanol–water partition coefficient (Wildman–Crippen LogP) is 4.67. The summed E-state index contributed by atoms with van der Waals surface area (Å²) >= 11 is 5.99. The molecule has 2 aromatic carbocycles. The van der Waals surface area contributed by atoms with Gasteiger partial charge in [-0.2, -0.15) is 0 Å². The van der Waals surface area contributed by atoms with Crippen molar-refractivity contribution in [3.63, 3.8) is 0 Å². The van der Waals surface area contributed by atoms with Crippen molar-refractivity contribution in [1.29, 1.82) is 0 Å². The molecule has 0 aliphatic rings. The number of nitrogens with zero attached hydrogens (tertiary/aromatic N) is 1. The van der Waals surface area contributed by atoms with Crippen molar-refractivity contribution < 1.29 is 0 Å². The van der Waals surface area contributed by atoms with Gasteiger partial charge in [-0.25, -0.2) is 0 Å². The van der Waals surface area contributed by atoms with Crippen LogP contribution in [0.3, 0.4) is 0 Å². The largest absolute Gasteiger partial charge is 0.253 e. The minimum atomic E-state index is 0.795. The van der Waals surface area contributed by atoms with Crippen LogP contribution in [0.15, 0.2) is 60.7 Å². The van der Waals surface area contributed by atoms with Crippen molar-refractivity contribution in [3.05, 3.63) is 76.9 Å². The van der Waals surface area contributed by atoms with Crippen LogP contribution in [0.25, 0.3) is 10.9 Å². The Kier molecular flexibility index (Phi) is 3.47. The van der Waals surface area contributed by atoms with Crippen LogP contribution < -0.4 is 0 Å². The summed E-state index contributed by atoms with van der Waals surface area (Å²) in [6.45, 7) is 0. The zero-order valence-electron chi connectivity index (χ0n) is 10.5. The van der Waals surface area contributed by atoms with Gasteiger partial charge in [0.05, 0.1) is 5.52 Å². The van der Waals surface area contributed by atoms with E-state index in [0.29, 0.717) is 0 Å². The fraction of sp³-hybridized carbons (Fsp3) is 0.118. The molecule has 19 heavy (non-hydrogen) atoms. The summed E-state index contributed by atoms with van der Waals surface area (Å²) in [7, 11) is 0. The quantitative estimate of drug-likeness (QED) is 0.672. The van der Waals surface area contributed by atoms with Gasteiger partial charge in [0.15, 0.2) is 0 Å². The van der Waals surface area contributed by atoms with E-state index in [1.54, 1.807) is 0 Å². The van der Waals surface area contributed by atoms with Gasteiger partial charge < -0.3 is 0 Å². The van der Waals surface area contributed by atoms with Gasteiger partial charge >= 0.3 is 0 Å². The molecule has 0 aliphatic heterocycles. The Bertz CT molecular complexity index is 706. The summed E-state index contributed by atoms with van der Waals surface area (Å²) in [6, 6.07) is 20.5. The normalized spacial score (nSPS) is 10.8. The lowest BCUT2D eigenvalue weighted by atomic mass is 10.1. The second-order valence-electron chi connectivity index (χ2n) is 4.63. The van der Waals surface area contributed by atoms with E-state index in [0.717, 1.165) is 29.1 Å². The number of pyridine rings is 1. The fourth-order valence-corrected chi connectivity index (χ4v) is 2.43. The predicted molar refractivity (Wildman–Crippen MR) is 80.6 cm³/mol. The van der Waals surface area contributed by atoms with Gasteiger partial charge in [-0.05, 0) is 42.7 Å². The van der Waals surface area contributed by atoms with E-state index in [-0.39, 0.29) is 0 Å². The highest BCUT2D eigenvalue weighted by atomic mass is 35.5. The summed E-state index contributed by atoms with van der Waals surface area (Å²) in [6.07, 6.45) is 1.90. The summed E-state index contributed by atoms with van der Waals surface area (Å²) in [5.41, 5.74) is 3.44. The van der Waals surface area contributed by atoms with Crippen molar-refractivity contribution >= 4 is 22.5 Å². The van der Waals surface area contributed by atoms with Gasteiger partial charge in [0.1, 0.15) is 0 Å². The van der Waals surface area contributed by atoms with Crippen molar-refractivity contribution in [3.8, 4) is 0 Å². The first-order valence-electron chi connectivity index (χ1n) is 6.40. The van der Waals surface area contributed by atoms with Crippen molar-refractivity contribution in [2.45, 2.75) is 12.8 Å². The van der Waals surface area contributed by atoms with E-state index >= 15 is 0 Å². The van der Waals surface area contributed by atoms with Gasteiger partial charge in [0.25, 0.3) is 0 Å². The smallest absolute Gasteiger partial charge is 0.0705 e. The Labute approximate surface area is 117 Å². The molecule has 2 heteroatoms. The van der Waals surface area contributed by atoms with E-state index < -0.39 is 0 Å². The highest BCUT2D eigenvalue weighted by Crippen LogP contribution is 2.15. The van der Waals surface area contributed by atoms with Gasteiger partial charge in [-0.3, -0.25) is 4.98 Å². The highest BCUT2D eigenvalue weighted by molar-refractivity contribution is 6.30. The van der Waals surface area contributed by atoms with E-state index in [1.165, 1.54) is 10.9 Å². The molecule has 94 valence electrons. The maximum Gasteiger partial charge on any atom is 0.0705 e. The van der Waals surface area contributed by atoms with E-state index in [1.807, 2.05) is 30.3 Å². The Morgan fingerprint density at radius 1 is 0.842 bits per heavy atom. The van der Waals surface area contributed by atoms with Crippen LogP contribution in [0.5, 0.6) is 0 Å². The number of benzene rings is 2. The average molecular weight is 268 g/mol. The van der Waals surface area contributed by atoms with Crippen molar-refractivity contribution in [2.75, 3.05) is 0 Å². The van der Waals surface area contributed by atoms with Gasteiger partial charge in [-0.1, -0.05) is 48.0 Å². The molecule has 0 atom stereocenters. The number of rotatable bonds is 3. The number of aromatic nitrogens is 1. The molecular formula is C17H14ClN. The molecule has 0 saturated heterocycles. The molecule has 0 saturated carbocycles. The third-order valence-electron chi connectivity index (χ3n) is 3.21. The number of aryl methyl sites for hydroxylation is 2. The SMILES string of the molecule is Clc1cccc(CCc2ccc3ccccc3n2)c1. The number of para-hydroxylation sites is 1. The number of hydrogen-bond acceptors (Lipinski definition) is 1. The van der Waals surface area contributed by atoms with Crippen LogP contribution in [-0.2, 0) is 12.8 Å². The topological polar surface area (TPSA) is 12.9 Å². The van der Waals surface area contributed by atoms with Gasteiger partial charge in [0.2, 0.25) is 0 Å². The zero-order chi connectivity index (χ0) is 13.1. The standard InChI is InChI=1S/C17H14ClN/c18-15-6-3-4-13(12-15)8-10-16-11-9-14-5-1-2-7-17(14)19-16/h1-7,9,11-12H,8,10H2. The molecule has 0 spiro atoms. The van der Waals surface area contributed by atoms with Crippen LogP contribution in [-0.4, -0.2) is 4.98 Å². The lowest BCUT2D eigenvalue weighted by molar-refractivity contribution is 0.923. The minimum Gasteiger partial charge on any atom is -0.253 e. The Morgan fingerprint density at radius 3 is 2.63 bits per heavy atom. The lowest BCUT2D eigenvalue weighted by Crippen LogP contribution is -1.94. The van der Waals surface area contributed by atoms with Crippen LogP contribution in [0.2, 0.25) is 5.02 Å². The van der Waals surface area contributed by atoms with Crippen molar-refractivity contribution in [2.24, 2.45) is 0 Å². The third-order valence-corrected chi connectivity index (χ3v) is 3.45.